The Morgan fingerprint density at radius 3 is 2.08 bits per heavy atom. The van der Waals surface area contributed by atoms with Crippen LogP contribution in [0.4, 0.5) is 11.4 Å². The van der Waals surface area contributed by atoms with E-state index in [-0.39, 0.29) is 0 Å². The van der Waals surface area contributed by atoms with Gasteiger partial charge >= 0.3 is 0 Å². The minimum atomic E-state index is 0.435. The van der Waals surface area contributed by atoms with Crippen LogP contribution in [0, 0.1) is 17.3 Å². The smallest absolute Gasteiger partial charge is 0.0642 e. The number of piperazine rings is 1. The van der Waals surface area contributed by atoms with Gasteiger partial charge in [-0.1, -0.05) is 20.8 Å². The van der Waals surface area contributed by atoms with Crippen molar-refractivity contribution in [2.75, 3.05) is 82.0 Å². The molecule has 3 aliphatic heterocycles. The van der Waals surface area contributed by atoms with Gasteiger partial charge in [0.25, 0.3) is 0 Å². The van der Waals surface area contributed by atoms with Crippen LogP contribution in [0.15, 0.2) is 18.2 Å². The number of hydrogen-bond acceptors (Lipinski definition) is 5. The lowest BCUT2D eigenvalue weighted by molar-refractivity contribution is 0.0598. The summed E-state index contributed by atoms with van der Waals surface area (Å²) in [5.74, 6) is 2.43. The largest absolute Gasteiger partial charge is 0.381 e. The van der Waals surface area contributed by atoms with Crippen molar-refractivity contribution in [2.24, 2.45) is 17.3 Å². The number of rotatable bonds is 6. The van der Waals surface area contributed by atoms with Gasteiger partial charge in [-0.2, -0.15) is 0 Å². The summed E-state index contributed by atoms with van der Waals surface area (Å²) < 4.78 is 11.2. The highest BCUT2D eigenvalue weighted by atomic mass is 16.5. The highest BCUT2D eigenvalue weighted by molar-refractivity contribution is 5.63. The predicted molar refractivity (Wildman–Crippen MR) is 150 cm³/mol. The fraction of sp³-hybridized carbons (Fsp3) is 0.806. The zero-order valence-electron chi connectivity index (χ0n) is 23.4. The lowest BCUT2D eigenvalue weighted by Gasteiger charge is -2.41. The average molecular weight is 498 g/mol. The van der Waals surface area contributed by atoms with Gasteiger partial charge in [0.05, 0.1) is 13.2 Å². The van der Waals surface area contributed by atoms with Crippen LogP contribution in [0.25, 0.3) is 0 Å². The second-order valence-corrected chi connectivity index (χ2v) is 12.9. The summed E-state index contributed by atoms with van der Waals surface area (Å²) in [5.41, 5.74) is 4.99. The summed E-state index contributed by atoms with van der Waals surface area (Å²) in [6, 6.07) is 7.43. The molecule has 0 bridgehead atoms. The summed E-state index contributed by atoms with van der Waals surface area (Å²) >= 11 is 0. The molecule has 0 spiro atoms. The number of benzene rings is 1. The topological polar surface area (TPSA) is 28.2 Å². The fourth-order valence-corrected chi connectivity index (χ4v) is 7.06. The number of ether oxygens (including phenoxy) is 2. The molecule has 1 aliphatic carbocycles. The van der Waals surface area contributed by atoms with Crippen LogP contribution in [0.2, 0.25) is 0 Å². The Labute approximate surface area is 220 Å². The third kappa shape index (κ3) is 6.57. The minimum Gasteiger partial charge on any atom is -0.381 e. The summed E-state index contributed by atoms with van der Waals surface area (Å²) in [7, 11) is 0. The second kappa shape index (κ2) is 12.0. The third-order valence-electron chi connectivity index (χ3n) is 9.69. The van der Waals surface area contributed by atoms with Crippen LogP contribution in [0.3, 0.4) is 0 Å². The van der Waals surface area contributed by atoms with Gasteiger partial charge in [0.2, 0.25) is 0 Å². The van der Waals surface area contributed by atoms with E-state index in [1.165, 1.54) is 76.0 Å². The number of nitrogens with zero attached hydrogens (tertiary/aromatic N) is 3. The van der Waals surface area contributed by atoms with E-state index in [2.05, 4.69) is 53.7 Å². The fourth-order valence-electron chi connectivity index (χ4n) is 7.06. The number of morpholine rings is 1. The van der Waals surface area contributed by atoms with E-state index in [0.29, 0.717) is 11.3 Å². The van der Waals surface area contributed by atoms with Gasteiger partial charge in [0, 0.05) is 63.9 Å². The van der Waals surface area contributed by atoms with E-state index in [4.69, 9.17) is 9.47 Å². The Bertz CT molecular complexity index is 810. The molecule has 4 aliphatic rings. The van der Waals surface area contributed by atoms with Crippen molar-refractivity contribution in [3.05, 3.63) is 23.8 Å². The van der Waals surface area contributed by atoms with Crippen LogP contribution >= 0.6 is 0 Å². The Kier molecular flexibility index (Phi) is 8.80. The predicted octanol–water partition coefficient (Wildman–Crippen LogP) is 5.78. The minimum absolute atomic E-state index is 0.435. The van der Waals surface area contributed by atoms with Crippen LogP contribution in [-0.4, -0.2) is 77.1 Å². The normalized spacial score (nSPS) is 27.4. The summed E-state index contributed by atoms with van der Waals surface area (Å²) in [6.45, 7) is 19.0. The monoisotopic (exact) mass is 497 g/mol. The first kappa shape index (κ1) is 26.3. The molecule has 5 rings (SSSR count). The zero-order chi connectivity index (χ0) is 25.0. The third-order valence-corrected chi connectivity index (χ3v) is 9.69. The molecular weight excluding hydrogens is 446 g/mol. The average Bonchev–Trinajstić information content (AvgIpc) is 2.93. The van der Waals surface area contributed by atoms with Crippen molar-refractivity contribution < 1.29 is 9.47 Å². The SMILES string of the molecule is CC(C)(C)C1CCC(c2cc(N3CCOCC3)ccc2N2CCN(CCC3CCOCC3)CC2)CC1. The van der Waals surface area contributed by atoms with Gasteiger partial charge in [-0.3, -0.25) is 4.90 Å². The lowest BCUT2D eigenvalue weighted by atomic mass is 9.68. The Morgan fingerprint density at radius 2 is 1.42 bits per heavy atom. The van der Waals surface area contributed by atoms with Crippen molar-refractivity contribution in [2.45, 2.75) is 71.6 Å². The van der Waals surface area contributed by atoms with Crippen LogP contribution in [-0.2, 0) is 9.47 Å². The zero-order valence-corrected chi connectivity index (χ0v) is 23.4. The number of hydrogen-bond donors (Lipinski definition) is 0. The van der Waals surface area contributed by atoms with E-state index >= 15 is 0 Å². The van der Waals surface area contributed by atoms with Crippen LogP contribution in [0.1, 0.15) is 77.2 Å². The first-order chi connectivity index (χ1) is 17.5. The molecule has 1 saturated carbocycles. The molecule has 4 fully saturated rings. The van der Waals surface area contributed by atoms with Gasteiger partial charge in [0.15, 0.2) is 0 Å². The molecule has 1 aromatic carbocycles. The van der Waals surface area contributed by atoms with Gasteiger partial charge in [-0.05, 0) is 98.4 Å². The summed E-state index contributed by atoms with van der Waals surface area (Å²) in [5, 5.41) is 0. The van der Waals surface area contributed by atoms with Crippen LogP contribution in [0.5, 0.6) is 0 Å². The Hall–Kier alpha value is -1.30. The molecule has 0 atom stereocenters. The molecule has 1 aromatic rings. The van der Waals surface area contributed by atoms with Gasteiger partial charge < -0.3 is 19.3 Å². The summed E-state index contributed by atoms with van der Waals surface area (Å²) in [6.07, 6.45) is 9.29. The maximum Gasteiger partial charge on any atom is 0.0642 e. The number of anilines is 2. The highest BCUT2D eigenvalue weighted by Gasteiger charge is 2.32. The Balaban J connectivity index is 1.25. The molecular formula is C31H51N3O2. The maximum atomic E-state index is 5.64. The molecule has 0 radical (unpaired) electrons. The van der Waals surface area contributed by atoms with Crippen molar-refractivity contribution >= 4 is 11.4 Å². The highest BCUT2D eigenvalue weighted by Crippen LogP contribution is 2.46. The second-order valence-electron chi connectivity index (χ2n) is 12.9. The van der Waals surface area contributed by atoms with E-state index in [1.807, 2.05) is 0 Å². The van der Waals surface area contributed by atoms with Gasteiger partial charge in [0.1, 0.15) is 0 Å². The van der Waals surface area contributed by atoms with Crippen LogP contribution < -0.4 is 9.80 Å². The van der Waals surface area contributed by atoms with Gasteiger partial charge in [-0.15, -0.1) is 0 Å². The first-order valence-electron chi connectivity index (χ1n) is 15.0. The molecule has 36 heavy (non-hydrogen) atoms. The molecule has 0 aromatic heterocycles. The molecule has 5 nitrogen and oxygen atoms in total. The van der Waals surface area contributed by atoms with Gasteiger partial charge in [-0.25, -0.2) is 0 Å². The Morgan fingerprint density at radius 1 is 0.750 bits per heavy atom. The van der Waals surface area contributed by atoms with Crippen molar-refractivity contribution in [1.82, 2.24) is 4.90 Å². The standard InChI is InChI=1S/C31H51N3O2/c1-31(2,3)27-6-4-26(5-7-27)29-24-28(33-18-22-36-23-19-33)8-9-30(29)34-16-14-32(15-17-34)13-10-25-11-20-35-21-12-25/h8-9,24-27H,4-7,10-23H2,1-3H3. The van der Waals surface area contributed by atoms with E-state index in [9.17, 15) is 0 Å². The molecule has 202 valence electrons. The van der Waals surface area contributed by atoms with Crippen molar-refractivity contribution in [3.8, 4) is 0 Å². The van der Waals surface area contributed by atoms with E-state index in [1.54, 1.807) is 5.56 Å². The first-order valence-corrected chi connectivity index (χ1v) is 15.0. The molecule has 3 saturated heterocycles. The van der Waals surface area contributed by atoms with Crippen molar-refractivity contribution in [3.63, 3.8) is 0 Å². The quantitative estimate of drug-likeness (QED) is 0.497. The summed E-state index contributed by atoms with van der Waals surface area (Å²) in [4.78, 5) is 7.95. The van der Waals surface area contributed by atoms with Crippen molar-refractivity contribution in [1.29, 1.82) is 0 Å². The molecule has 3 heterocycles. The van der Waals surface area contributed by atoms with E-state index < -0.39 is 0 Å². The molecule has 0 amide bonds. The molecule has 5 heteroatoms. The molecule has 0 N–H and O–H groups in total. The van der Waals surface area contributed by atoms with E-state index in [0.717, 1.165) is 64.4 Å². The lowest BCUT2D eigenvalue weighted by Crippen LogP contribution is -2.47. The maximum absolute atomic E-state index is 5.64. The molecule has 0 unspecified atom stereocenters.